The minimum absolute atomic E-state index is 0.125. The molecule has 0 N–H and O–H groups in total. The van der Waals surface area contributed by atoms with E-state index in [-0.39, 0.29) is 22.7 Å². The molecule has 0 saturated heterocycles. The van der Waals surface area contributed by atoms with E-state index in [1.54, 1.807) is 6.26 Å². The normalized spacial score (nSPS) is 23.4. The molecule has 1 fully saturated rings. The van der Waals surface area contributed by atoms with Crippen molar-refractivity contribution in [2.45, 2.75) is 78.6 Å². The molecule has 0 bridgehead atoms. The molecule has 0 spiro atoms. The standard InChI is InChI=1S/C16H33NO2S/c1-13(14(2,3)4)19-16(10-11-16)12-17(15(5,6)7)20(8,9)18/h13H,8,10-12H2,1-7,9H3. The first-order chi connectivity index (χ1) is 8.67. The molecule has 0 aromatic carbocycles. The van der Waals surface area contributed by atoms with Gasteiger partial charge < -0.3 is 4.74 Å². The Kier molecular flexibility index (Phi) is 4.76. The second kappa shape index (κ2) is 5.29. The molecule has 0 heterocycles. The molecule has 2 unspecified atom stereocenters. The summed E-state index contributed by atoms with van der Waals surface area (Å²) in [7, 11) is -2.23. The van der Waals surface area contributed by atoms with Gasteiger partial charge in [0.05, 0.1) is 11.7 Å². The van der Waals surface area contributed by atoms with Crippen LogP contribution in [0.15, 0.2) is 0 Å². The second-order valence-electron chi connectivity index (χ2n) is 8.48. The highest BCUT2D eigenvalue weighted by atomic mass is 32.2. The van der Waals surface area contributed by atoms with Crippen molar-refractivity contribution in [1.82, 2.24) is 4.31 Å². The van der Waals surface area contributed by atoms with Crippen LogP contribution in [0.25, 0.3) is 0 Å². The molecule has 1 rings (SSSR count). The Morgan fingerprint density at radius 3 is 1.95 bits per heavy atom. The Morgan fingerprint density at radius 2 is 1.70 bits per heavy atom. The van der Waals surface area contributed by atoms with Crippen molar-refractivity contribution in [3.8, 4) is 0 Å². The predicted molar refractivity (Wildman–Crippen MR) is 89.6 cm³/mol. The van der Waals surface area contributed by atoms with Crippen molar-refractivity contribution in [2.24, 2.45) is 5.41 Å². The van der Waals surface area contributed by atoms with Crippen LogP contribution in [-0.2, 0) is 14.4 Å². The highest BCUT2D eigenvalue weighted by Crippen LogP contribution is 2.44. The molecule has 0 aliphatic heterocycles. The van der Waals surface area contributed by atoms with Crippen LogP contribution in [-0.4, -0.2) is 44.4 Å². The van der Waals surface area contributed by atoms with Gasteiger partial charge in [-0.15, -0.1) is 0 Å². The molecule has 0 aromatic rings. The Labute approximate surface area is 126 Å². The molecule has 1 aliphatic carbocycles. The number of ether oxygens (including phenoxy) is 1. The first kappa shape index (κ1) is 18.0. The zero-order valence-electron chi connectivity index (χ0n) is 14.6. The maximum atomic E-state index is 12.5. The molecule has 20 heavy (non-hydrogen) atoms. The predicted octanol–water partition coefficient (Wildman–Crippen LogP) is 3.33. The fourth-order valence-electron chi connectivity index (χ4n) is 2.22. The number of hydrogen-bond acceptors (Lipinski definition) is 2. The maximum Gasteiger partial charge on any atom is 0.0825 e. The van der Waals surface area contributed by atoms with Crippen molar-refractivity contribution in [2.75, 3.05) is 12.8 Å². The van der Waals surface area contributed by atoms with E-state index in [0.717, 1.165) is 12.8 Å². The van der Waals surface area contributed by atoms with Gasteiger partial charge in [0, 0.05) is 28.0 Å². The third kappa shape index (κ3) is 4.74. The van der Waals surface area contributed by atoms with Gasteiger partial charge in [0.1, 0.15) is 0 Å². The van der Waals surface area contributed by atoms with Crippen molar-refractivity contribution < 1.29 is 8.95 Å². The van der Waals surface area contributed by atoms with E-state index < -0.39 is 9.71 Å². The first-order valence-corrected chi connectivity index (χ1v) is 9.54. The Balaban J connectivity index is 2.85. The van der Waals surface area contributed by atoms with Crippen molar-refractivity contribution >= 4 is 15.6 Å². The Morgan fingerprint density at radius 1 is 1.25 bits per heavy atom. The second-order valence-corrected chi connectivity index (χ2v) is 10.8. The lowest BCUT2D eigenvalue weighted by molar-refractivity contribution is -0.0798. The van der Waals surface area contributed by atoms with Crippen LogP contribution in [0.1, 0.15) is 61.3 Å². The van der Waals surface area contributed by atoms with Gasteiger partial charge in [-0.3, -0.25) is 4.21 Å². The minimum Gasteiger partial charge on any atom is -0.370 e. The van der Waals surface area contributed by atoms with Crippen LogP contribution < -0.4 is 0 Å². The van der Waals surface area contributed by atoms with Crippen LogP contribution in [0.5, 0.6) is 0 Å². The fraction of sp³-hybridized carbons (Fsp3) is 0.938. The summed E-state index contributed by atoms with van der Waals surface area (Å²) >= 11 is 0. The summed E-state index contributed by atoms with van der Waals surface area (Å²) in [5.74, 6) is 3.88. The molecule has 0 amide bonds. The van der Waals surface area contributed by atoms with Crippen molar-refractivity contribution in [3.05, 3.63) is 0 Å². The van der Waals surface area contributed by atoms with E-state index in [1.165, 1.54) is 0 Å². The molecule has 120 valence electrons. The van der Waals surface area contributed by atoms with Crippen LogP contribution in [0, 0.1) is 5.41 Å². The quantitative estimate of drug-likeness (QED) is 0.729. The first-order valence-electron chi connectivity index (χ1n) is 7.45. The third-order valence-corrected chi connectivity index (χ3v) is 5.71. The van der Waals surface area contributed by atoms with E-state index in [0.29, 0.717) is 6.54 Å². The average Bonchev–Trinajstić information content (AvgIpc) is 2.90. The summed E-state index contributed by atoms with van der Waals surface area (Å²) < 4.78 is 20.8. The summed E-state index contributed by atoms with van der Waals surface area (Å²) in [6.45, 7) is 15.7. The zero-order chi connectivity index (χ0) is 16.0. The smallest absolute Gasteiger partial charge is 0.0825 e. The molecule has 1 aliphatic rings. The monoisotopic (exact) mass is 303 g/mol. The Hall–Kier alpha value is -0.0600. The Bertz CT molecular complexity index is 436. The molecule has 3 nitrogen and oxygen atoms in total. The van der Waals surface area contributed by atoms with Crippen molar-refractivity contribution in [3.63, 3.8) is 0 Å². The molecular weight excluding hydrogens is 270 g/mol. The molecule has 0 aromatic heterocycles. The van der Waals surface area contributed by atoms with E-state index in [4.69, 9.17) is 4.74 Å². The van der Waals surface area contributed by atoms with Crippen LogP contribution in [0.2, 0.25) is 0 Å². The lowest BCUT2D eigenvalue weighted by atomic mass is 9.90. The maximum absolute atomic E-state index is 12.5. The molecular formula is C16H33NO2S. The SMILES string of the molecule is C=S(C)(=O)N(CC1(OC(C)C(C)(C)C)CC1)C(C)(C)C. The summed E-state index contributed by atoms with van der Waals surface area (Å²) in [6.07, 6.45) is 4.01. The van der Waals surface area contributed by atoms with Crippen LogP contribution in [0.4, 0.5) is 0 Å². The minimum atomic E-state index is -2.23. The third-order valence-electron chi connectivity index (χ3n) is 4.10. The fourth-order valence-corrected chi connectivity index (χ4v) is 3.89. The van der Waals surface area contributed by atoms with Gasteiger partial charge in [0.25, 0.3) is 0 Å². The highest BCUT2D eigenvalue weighted by Gasteiger charge is 2.49. The molecule has 1 saturated carbocycles. The van der Waals surface area contributed by atoms with E-state index in [2.05, 4.69) is 54.3 Å². The summed E-state index contributed by atoms with van der Waals surface area (Å²) in [6, 6.07) is 0. The zero-order valence-corrected chi connectivity index (χ0v) is 15.4. The largest absolute Gasteiger partial charge is 0.370 e. The summed E-state index contributed by atoms with van der Waals surface area (Å²) in [5, 5.41) is 0. The van der Waals surface area contributed by atoms with E-state index in [9.17, 15) is 4.21 Å². The molecule has 0 radical (unpaired) electrons. The number of hydrogen-bond donors (Lipinski definition) is 0. The van der Waals surface area contributed by atoms with Gasteiger partial charge in [-0.25, -0.2) is 4.31 Å². The van der Waals surface area contributed by atoms with Gasteiger partial charge in [0.2, 0.25) is 0 Å². The van der Waals surface area contributed by atoms with Crippen LogP contribution >= 0.6 is 0 Å². The molecule has 4 heteroatoms. The summed E-state index contributed by atoms with van der Waals surface area (Å²) in [4.78, 5) is 0. The lowest BCUT2D eigenvalue weighted by Crippen LogP contribution is -2.50. The van der Waals surface area contributed by atoms with Gasteiger partial charge in [-0.2, -0.15) is 0 Å². The average molecular weight is 304 g/mol. The molecule has 2 atom stereocenters. The number of rotatable bonds is 5. The lowest BCUT2D eigenvalue weighted by Gasteiger charge is -2.40. The van der Waals surface area contributed by atoms with E-state index >= 15 is 0 Å². The van der Waals surface area contributed by atoms with E-state index in [1.807, 2.05) is 4.31 Å². The van der Waals surface area contributed by atoms with Gasteiger partial charge in [-0.05, 0) is 51.8 Å². The number of nitrogens with zero attached hydrogens (tertiary/aromatic N) is 1. The van der Waals surface area contributed by atoms with Gasteiger partial charge in [0.15, 0.2) is 0 Å². The van der Waals surface area contributed by atoms with Crippen molar-refractivity contribution in [1.29, 1.82) is 0 Å². The van der Waals surface area contributed by atoms with Gasteiger partial charge in [-0.1, -0.05) is 20.8 Å². The highest BCUT2D eigenvalue weighted by molar-refractivity contribution is 7.97. The topological polar surface area (TPSA) is 29.5 Å². The van der Waals surface area contributed by atoms with Gasteiger partial charge >= 0.3 is 0 Å². The van der Waals surface area contributed by atoms with Crippen LogP contribution in [0.3, 0.4) is 0 Å². The summed E-state index contributed by atoms with van der Waals surface area (Å²) in [5.41, 5.74) is -0.173.